The molecule has 0 aromatic heterocycles. The fraction of sp³-hybridized carbons (Fsp3) is 0.875. The van der Waals surface area contributed by atoms with Gasteiger partial charge in [-0.2, -0.15) is 0 Å². The van der Waals surface area contributed by atoms with Gasteiger partial charge in [-0.3, -0.25) is 0 Å². The molecule has 0 fully saturated rings. The van der Waals surface area contributed by atoms with Crippen molar-refractivity contribution >= 4 is 37.0 Å². The van der Waals surface area contributed by atoms with Crippen LogP contribution in [-0.2, 0) is 13.3 Å². The van der Waals surface area contributed by atoms with E-state index in [2.05, 4.69) is 6.92 Å². The van der Waals surface area contributed by atoms with Gasteiger partial charge in [-0.25, -0.2) is 0 Å². The molecule has 3 nitrogen and oxygen atoms in total. The SMILES string of the molecule is CCC(C(=S)SC)[Si](OC)(OC)OC. The molecule has 0 aliphatic rings. The van der Waals surface area contributed by atoms with Crippen molar-refractivity contribution in [3.8, 4) is 0 Å². The largest absolute Gasteiger partial charge is 0.509 e. The summed E-state index contributed by atoms with van der Waals surface area (Å²) < 4.78 is 17.1. The van der Waals surface area contributed by atoms with Crippen molar-refractivity contribution in [3.05, 3.63) is 0 Å². The maximum atomic E-state index is 5.41. The number of thiocarbonyl (C=S) groups is 1. The smallest absolute Gasteiger partial charge is 0.376 e. The predicted octanol–water partition coefficient (Wildman–Crippen LogP) is 2.34. The number of hydrogen-bond donors (Lipinski definition) is 0. The van der Waals surface area contributed by atoms with Crippen LogP contribution in [0.25, 0.3) is 0 Å². The molecule has 0 N–H and O–H groups in total. The highest BCUT2D eigenvalue weighted by Gasteiger charge is 2.48. The second kappa shape index (κ2) is 6.92. The maximum Gasteiger partial charge on any atom is 0.509 e. The van der Waals surface area contributed by atoms with E-state index in [1.165, 1.54) is 0 Å². The highest BCUT2D eigenvalue weighted by atomic mass is 32.2. The van der Waals surface area contributed by atoms with Crippen LogP contribution in [0.15, 0.2) is 0 Å². The monoisotopic (exact) mass is 254 g/mol. The van der Waals surface area contributed by atoms with Crippen LogP contribution in [0.2, 0.25) is 5.54 Å². The van der Waals surface area contributed by atoms with Crippen molar-refractivity contribution < 1.29 is 13.3 Å². The van der Waals surface area contributed by atoms with Crippen LogP contribution >= 0.6 is 24.0 Å². The van der Waals surface area contributed by atoms with E-state index in [4.69, 9.17) is 25.5 Å². The minimum atomic E-state index is -2.59. The zero-order valence-corrected chi connectivity index (χ0v) is 12.0. The number of rotatable bonds is 6. The van der Waals surface area contributed by atoms with Crippen molar-refractivity contribution in [3.63, 3.8) is 0 Å². The third-order valence-corrected chi connectivity index (χ3v) is 7.32. The second-order valence-corrected chi connectivity index (χ2v) is 7.38. The highest BCUT2D eigenvalue weighted by Crippen LogP contribution is 2.32. The molecule has 0 bridgehead atoms. The maximum absolute atomic E-state index is 5.41. The lowest BCUT2D eigenvalue weighted by molar-refractivity contribution is 0.118. The zero-order chi connectivity index (χ0) is 11.2. The molecule has 0 aliphatic heterocycles. The molecule has 0 heterocycles. The average Bonchev–Trinajstić information content (AvgIpc) is 2.25. The van der Waals surface area contributed by atoms with Gasteiger partial charge >= 0.3 is 8.80 Å². The van der Waals surface area contributed by atoms with Gasteiger partial charge in [0.05, 0.1) is 9.74 Å². The Kier molecular flexibility index (Phi) is 7.18. The van der Waals surface area contributed by atoms with Crippen LogP contribution < -0.4 is 0 Å². The van der Waals surface area contributed by atoms with Gasteiger partial charge in [-0.1, -0.05) is 19.1 Å². The molecule has 0 amide bonds. The lowest BCUT2D eigenvalue weighted by Crippen LogP contribution is -2.49. The molecule has 0 saturated heterocycles. The molecule has 0 spiro atoms. The van der Waals surface area contributed by atoms with E-state index in [0.29, 0.717) is 0 Å². The first-order valence-electron chi connectivity index (χ1n) is 4.35. The molecule has 6 heteroatoms. The van der Waals surface area contributed by atoms with Crippen molar-refractivity contribution in [2.75, 3.05) is 27.6 Å². The summed E-state index contributed by atoms with van der Waals surface area (Å²) in [6.45, 7) is 2.06. The Morgan fingerprint density at radius 2 is 1.71 bits per heavy atom. The lowest BCUT2D eigenvalue weighted by Gasteiger charge is -2.31. The van der Waals surface area contributed by atoms with Crippen molar-refractivity contribution in [2.24, 2.45) is 0 Å². The summed E-state index contributed by atoms with van der Waals surface area (Å²) >= 11 is 6.84. The topological polar surface area (TPSA) is 27.7 Å². The Hall–Kier alpha value is 0.537. The van der Waals surface area contributed by atoms with E-state index in [9.17, 15) is 0 Å². The van der Waals surface area contributed by atoms with Crippen LogP contribution in [0.3, 0.4) is 0 Å². The zero-order valence-electron chi connectivity index (χ0n) is 9.33. The molecular weight excluding hydrogens is 236 g/mol. The molecular formula is C8H18O3S2Si. The molecule has 0 aromatic carbocycles. The van der Waals surface area contributed by atoms with Gasteiger partial charge in [-0.05, 0) is 12.7 Å². The van der Waals surface area contributed by atoms with Crippen molar-refractivity contribution in [2.45, 2.75) is 18.9 Å². The molecule has 0 rings (SSSR count). The standard InChI is InChI=1S/C8H18O3S2Si/c1-6-7(8(12)13-5)14(9-2,10-3)11-4/h7H,6H2,1-5H3. The molecule has 84 valence electrons. The molecule has 0 saturated carbocycles. The third-order valence-electron chi connectivity index (χ3n) is 2.17. The Morgan fingerprint density at radius 3 is 1.93 bits per heavy atom. The van der Waals surface area contributed by atoms with Crippen LogP contribution in [0, 0.1) is 0 Å². The Morgan fingerprint density at radius 1 is 1.29 bits per heavy atom. The van der Waals surface area contributed by atoms with Crippen LogP contribution in [0.5, 0.6) is 0 Å². The van der Waals surface area contributed by atoms with Gasteiger partial charge in [0.25, 0.3) is 0 Å². The first kappa shape index (κ1) is 14.5. The van der Waals surface area contributed by atoms with Crippen molar-refractivity contribution in [1.82, 2.24) is 0 Å². The van der Waals surface area contributed by atoms with E-state index in [1.807, 2.05) is 6.26 Å². The van der Waals surface area contributed by atoms with Crippen LogP contribution in [0.1, 0.15) is 13.3 Å². The van der Waals surface area contributed by atoms with Gasteiger partial charge in [0, 0.05) is 21.3 Å². The third kappa shape index (κ3) is 3.01. The first-order valence-corrected chi connectivity index (χ1v) is 7.78. The fourth-order valence-electron chi connectivity index (χ4n) is 1.38. The van der Waals surface area contributed by atoms with E-state index in [0.717, 1.165) is 10.6 Å². The molecule has 1 atom stereocenters. The van der Waals surface area contributed by atoms with Crippen molar-refractivity contribution in [1.29, 1.82) is 0 Å². The summed E-state index contributed by atoms with van der Waals surface area (Å²) in [6.07, 6.45) is 2.84. The van der Waals surface area contributed by atoms with E-state index in [-0.39, 0.29) is 5.54 Å². The molecule has 0 radical (unpaired) electrons. The van der Waals surface area contributed by atoms with Gasteiger partial charge in [0.1, 0.15) is 0 Å². The molecule has 14 heavy (non-hydrogen) atoms. The Balaban J connectivity index is 4.83. The number of hydrogen-bond acceptors (Lipinski definition) is 5. The fourth-order valence-corrected chi connectivity index (χ4v) is 5.36. The summed E-state index contributed by atoms with van der Waals surface area (Å²) in [4.78, 5) is 0. The first-order chi connectivity index (χ1) is 6.61. The predicted molar refractivity (Wildman–Crippen MR) is 66.9 cm³/mol. The van der Waals surface area contributed by atoms with Gasteiger partial charge in [0.2, 0.25) is 0 Å². The Bertz CT molecular complexity index is 177. The lowest BCUT2D eigenvalue weighted by atomic mass is 10.4. The highest BCUT2D eigenvalue weighted by molar-refractivity contribution is 8.23. The number of thioether (sulfide) groups is 1. The molecule has 0 aliphatic carbocycles. The quantitative estimate of drug-likeness (QED) is 0.536. The minimum Gasteiger partial charge on any atom is -0.376 e. The minimum absolute atomic E-state index is 0.0903. The normalized spacial score (nSPS) is 14.1. The summed E-state index contributed by atoms with van der Waals surface area (Å²) in [7, 11) is 2.25. The molecule has 0 aromatic rings. The van der Waals surface area contributed by atoms with E-state index < -0.39 is 8.80 Å². The summed E-state index contributed by atoms with van der Waals surface area (Å²) in [6, 6.07) is 0. The van der Waals surface area contributed by atoms with E-state index in [1.54, 1.807) is 33.1 Å². The average molecular weight is 254 g/mol. The summed E-state index contributed by atoms with van der Waals surface area (Å²) in [5.74, 6) is 0. The van der Waals surface area contributed by atoms with Gasteiger partial charge < -0.3 is 13.3 Å². The molecule has 1 unspecified atom stereocenters. The van der Waals surface area contributed by atoms with E-state index >= 15 is 0 Å². The van der Waals surface area contributed by atoms with Crippen LogP contribution in [-0.4, -0.2) is 40.6 Å². The van der Waals surface area contributed by atoms with Gasteiger partial charge in [0.15, 0.2) is 0 Å². The second-order valence-electron chi connectivity index (χ2n) is 2.70. The summed E-state index contributed by atoms with van der Waals surface area (Å²) in [5.41, 5.74) is 0.0903. The summed E-state index contributed by atoms with van der Waals surface area (Å²) in [5, 5.41) is 0. The van der Waals surface area contributed by atoms with Gasteiger partial charge in [-0.15, -0.1) is 11.8 Å². The van der Waals surface area contributed by atoms with Crippen LogP contribution in [0.4, 0.5) is 0 Å². The Labute approximate surface area is 96.9 Å².